The molecule has 0 radical (unpaired) electrons. The fourth-order valence-corrected chi connectivity index (χ4v) is 1.71. The standard InChI is InChI=1S/C15H15N3O3/c1-2-21-15(20)14-13(16-18-17-14)12-8-6-11(7-9-12)5-3-4-10-19/h6-9,19H,2,4,10H2,1H3,(H,16,17,18). The van der Waals surface area contributed by atoms with E-state index in [2.05, 4.69) is 27.3 Å². The second-order valence-corrected chi connectivity index (χ2v) is 4.09. The van der Waals surface area contributed by atoms with Crippen molar-refractivity contribution in [2.75, 3.05) is 13.2 Å². The fraction of sp³-hybridized carbons (Fsp3) is 0.267. The first-order valence-electron chi connectivity index (χ1n) is 6.54. The van der Waals surface area contributed by atoms with Gasteiger partial charge in [0.25, 0.3) is 0 Å². The molecule has 0 aliphatic rings. The van der Waals surface area contributed by atoms with Crippen molar-refractivity contribution in [2.45, 2.75) is 13.3 Å². The van der Waals surface area contributed by atoms with E-state index in [9.17, 15) is 4.79 Å². The molecule has 6 heteroatoms. The van der Waals surface area contributed by atoms with Gasteiger partial charge in [-0.2, -0.15) is 10.3 Å². The highest BCUT2D eigenvalue weighted by molar-refractivity contribution is 5.93. The minimum absolute atomic E-state index is 0.0485. The predicted octanol–water partition coefficient (Wildman–Crippen LogP) is 1.38. The lowest BCUT2D eigenvalue weighted by atomic mass is 10.1. The number of aromatic nitrogens is 3. The number of hydrogen-bond acceptors (Lipinski definition) is 5. The first-order chi connectivity index (χ1) is 10.3. The summed E-state index contributed by atoms with van der Waals surface area (Å²) in [5.74, 6) is 5.27. The van der Waals surface area contributed by atoms with Crippen LogP contribution in [0.2, 0.25) is 0 Å². The first-order valence-corrected chi connectivity index (χ1v) is 6.54. The molecule has 0 saturated heterocycles. The second-order valence-electron chi connectivity index (χ2n) is 4.09. The van der Waals surface area contributed by atoms with Crippen molar-refractivity contribution in [3.05, 3.63) is 35.5 Å². The third kappa shape index (κ3) is 3.68. The van der Waals surface area contributed by atoms with Gasteiger partial charge in [0.1, 0.15) is 5.69 Å². The highest BCUT2D eigenvalue weighted by Crippen LogP contribution is 2.20. The van der Waals surface area contributed by atoms with Gasteiger partial charge in [-0.3, -0.25) is 0 Å². The maximum atomic E-state index is 11.8. The molecular formula is C15H15N3O3. The van der Waals surface area contributed by atoms with E-state index in [0.29, 0.717) is 12.1 Å². The fourth-order valence-electron chi connectivity index (χ4n) is 1.71. The summed E-state index contributed by atoms with van der Waals surface area (Å²) in [6, 6.07) is 7.26. The molecule has 0 spiro atoms. The number of aliphatic hydroxyl groups excluding tert-OH is 1. The van der Waals surface area contributed by atoms with Crippen LogP contribution in [0.25, 0.3) is 11.3 Å². The number of carbonyl (C=O) groups excluding carboxylic acids is 1. The summed E-state index contributed by atoms with van der Waals surface area (Å²) in [6.45, 7) is 2.06. The molecule has 2 aromatic rings. The Morgan fingerprint density at radius 2 is 2.10 bits per heavy atom. The monoisotopic (exact) mass is 285 g/mol. The Labute approximate surface area is 122 Å². The molecule has 1 aromatic heterocycles. The summed E-state index contributed by atoms with van der Waals surface area (Å²) < 4.78 is 4.93. The van der Waals surface area contributed by atoms with Crippen molar-refractivity contribution in [1.82, 2.24) is 15.4 Å². The summed E-state index contributed by atoms with van der Waals surface area (Å²) in [5.41, 5.74) is 2.19. The summed E-state index contributed by atoms with van der Waals surface area (Å²) >= 11 is 0. The lowest BCUT2D eigenvalue weighted by Crippen LogP contribution is -2.06. The van der Waals surface area contributed by atoms with Crippen LogP contribution in [-0.4, -0.2) is 39.7 Å². The van der Waals surface area contributed by atoms with E-state index < -0.39 is 5.97 Å². The van der Waals surface area contributed by atoms with Crippen LogP contribution in [0.3, 0.4) is 0 Å². The van der Waals surface area contributed by atoms with Crippen LogP contribution in [0, 0.1) is 11.8 Å². The van der Waals surface area contributed by atoms with Crippen LogP contribution in [0.15, 0.2) is 24.3 Å². The molecule has 0 aliphatic carbocycles. The first kappa shape index (κ1) is 14.8. The molecule has 0 fully saturated rings. The maximum Gasteiger partial charge on any atom is 0.361 e. The Hall–Kier alpha value is -2.65. The predicted molar refractivity (Wildman–Crippen MR) is 76.4 cm³/mol. The Kier molecular flexibility index (Phi) is 5.07. The second kappa shape index (κ2) is 7.22. The zero-order valence-corrected chi connectivity index (χ0v) is 11.6. The molecule has 0 atom stereocenters. The number of ether oxygens (including phenoxy) is 1. The van der Waals surface area contributed by atoms with Gasteiger partial charge in [-0.15, -0.1) is 5.10 Å². The van der Waals surface area contributed by atoms with Crippen LogP contribution < -0.4 is 0 Å². The van der Waals surface area contributed by atoms with Crippen molar-refractivity contribution < 1.29 is 14.6 Å². The van der Waals surface area contributed by atoms with Gasteiger partial charge in [0.15, 0.2) is 5.69 Å². The Morgan fingerprint density at radius 1 is 1.33 bits per heavy atom. The topological polar surface area (TPSA) is 88.1 Å². The van der Waals surface area contributed by atoms with Crippen molar-refractivity contribution in [1.29, 1.82) is 0 Å². The average molecular weight is 285 g/mol. The zero-order valence-electron chi connectivity index (χ0n) is 11.6. The number of aromatic amines is 1. The lowest BCUT2D eigenvalue weighted by Gasteiger charge is -2.01. The lowest BCUT2D eigenvalue weighted by molar-refractivity contribution is 0.0520. The molecule has 0 aliphatic heterocycles. The SMILES string of the molecule is CCOC(=O)c1n[nH]nc1-c1ccc(C#CCCO)cc1. The van der Waals surface area contributed by atoms with Crippen LogP contribution in [0.4, 0.5) is 0 Å². The third-order valence-corrected chi connectivity index (χ3v) is 2.64. The van der Waals surface area contributed by atoms with E-state index in [0.717, 1.165) is 11.1 Å². The van der Waals surface area contributed by atoms with Gasteiger partial charge in [0, 0.05) is 17.5 Å². The van der Waals surface area contributed by atoms with Gasteiger partial charge in [0.05, 0.1) is 13.2 Å². The number of nitrogens with zero attached hydrogens (tertiary/aromatic N) is 2. The smallest absolute Gasteiger partial charge is 0.361 e. The van der Waals surface area contributed by atoms with E-state index >= 15 is 0 Å². The molecule has 2 N–H and O–H groups in total. The van der Waals surface area contributed by atoms with Gasteiger partial charge in [-0.05, 0) is 19.1 Å². The minimum atomic E-state index is -0.506. The van der Waals surface area contributed by atoms with Crippen LogP contribution >= 0.6 is 0 Å². The molecule has 1 aromatic carbocycles. The molecule has 0 bridgehead atoms. The number of hydrogen-bond donors (Lipinski definition) is 2. The summed E-state index contributed by atoms with van der Waals surface area (Å²) in [5, 5.41) is 18.9. The van der Waals surface area contributed by atoms with E-state index in [4.69, 9.17) is 9.84 Å². The minimum Gasteiger partial charge on any atom is -0.461 e. The number of esters is 1. The van der Waals surface area contributed by atoms with E-state index in [1.807, 2.05) is 24.3 Å². The van der Waals surface area contributed by atoms with Crippen molar-refractivity contribution in [2.24, 2.45) is 0 Å². The van der Waals surface area contributed by atoms with Crippen LogP contribution in [-0.2, 0) is 4.74 Å². The molecule has 1 heterocycles. The van der Waals surface area contributed by atoms with Gasteiger partial charge < -0.3 is 9.84 Å². The number of aliphatic hydroxyl groups is 1. The van der Waals surface area contributed by atoms with E-state index in [-0.39, 0.29) is 18.9 Å². The van der Waals surface area contributed by atoms with Gasteiger partial charge >= 0.3 is 5.97 Å². The largest absolute Gasteiger partial charge is 0.461 e. The highest BCUT2D eigenvalue weighted by atomic mass is 16.5. The summed E-state index contributed by atoms with van der Waals surface area (Å²) in [7, 11) is 0. The number of carbonyl (C=O) groups is 1. The van der Waals surface area contributed by atoms with Crippen LogP contribution in [0.5, 0.6) is 0 Å². The molecule has 6 nitrogen and oxygen atoms in total. The molecule has 0 amide bonds. The Morgan fingerprint density at radius 3 is 2.76 bits per heavy atom. The molecule has 21 heavy (non-hydrogen) atoms. The maximum absolute atomic E-state index is 11.8. The van der Waals surface area contributed by atoms with E-state index in [1.165, 1.54) is 0 Å². The van der Waals surface area contributed by atoms with Gasteiger partial charge in [-0.25, -0.2) is 4.79 Å². The zero-order chi connectivity index (χ0) is 15.1. The van der Waals surface area contributed by atoms with Gasteiger partial charge in [-0.1, -0.05) is 24.0 Å². The molecule has 0 unspecified atom stereocenters. The van der Waals surface area contributed by atoms with E-state index in [1.54, 1.807) is 6.92 Å². The number of nitrogens with one attached hydrogen (secondary N) is 1. The van der Waals surface area contributed by atoms with Crippen molar-refractivity contribution >= 4 is 5.97 Å². The average Bonchev–Trinajstić information content (AvgIpc) is 2.98. The number of rotatable bonds is 4. The normalized spacial score (nSPS) is 9.81. The molecule has 0 saturated carbocycles. The third-order valence-electron chi connectivity index (χ3n) is 2.64. The molecular weight excluding hydrogens is 270 g/mol. The number of H-pyrrole nitrogens is 1. The highest BCUT2D eigenvalue weighted by Gasteiger charge is 2.18. The van der Waals surface area contributed by atoms with Gasteiger partial charge in [0.2, 0.25) is 0 Å². The quantitative estimate of drug-likeness (QED) is 0.654. The Balaban J connectivity index is 2.22. The van der Waals surface area contributed by atoms with Crippen LogP contribution in [0.1, 0.15) is 29.4 Å². The summed E-state index contributed by atoms with van der Waals surface area (Å²) in [4.78, 5) is 11.8. The molecule has 108 valence electrons. The van der Waals surface area contributed by atoms with Crippen molar-refractivity contribution in [3.63, 3.8) is 0 Å². The molecule has 2 rings (SSSR count). The van der Waals surface area contributed by atoms with Crippen molar-refractivity contribution in [3.8, 4) is 23.1 Å². The number of benzene rings is 1. The Bertz CT molecular complexity index is 665. The summed E-state index contributed by atoms with van der Waals surface area (Å²) in [6.07, 6.45) is 0.443.